The van der Waals surface area contributed by atoms with Gasteiger partial charge in [-0.05, 0) is 54.6 Å². The molecule has 166 valence electrons. The van der Waals surface area contributed by atoms with Crippen LogP contribution >= 0.6 is 12.2 Å². The van der Waals surface area contributed by atoms with Crippen LogP contribution in [-0.4, -0.2) is 36.6 Å². The van der Waals surface area contributed by atoms with Crippen LogP contribution in [-0.2, 0) is 13.0 Å². The number of benzene rings is 2. The average molecular weight is 461 g/mol. The highest BCUT2D eigenvalue weighted by molar-refractivity contribution is 7.71. The van der Waals surface area contributed by atoms with Crippen molar-refractivity contribution in [3.63, 3.8) is 0 Å². The summed E-state index contributed by atoms with van der Waals surface area (Å²) in [5, 5.41) is 29.7. The summed E-state index contributed by atoms with van der Waals surface area (Å²) in [7, 11) is 0. The summed E-state index contributed by atoms with van der Waals surface area (Å²) in [6.07, 6.45) is 5.36. The zero-order valence-electron chi connectivity index (χ0n) is 17.2. The van der Waals surface area contributed by atoms with Crippen molar-refractivity contribution >= 4 is 30.0 Å². The predicted octanol–water partition coefficient (Wildman–Crippen LogP) is 3.66. The van der Waals surface area contributed by atoms with E-state index in [2.05, 4.69) is 9.98 Å². The van der Waals surface area contributed by atoms with Gasteiger partial charge in [-0.3, -0.25) is 14.3 Å². The molecule has 0 spiro atoms. The minimum absolute atomic E-state index is 0.0189. The van der Waals surface area contributed by atoms with Gasteiger partial charge in [0.2, 0.25) is 5.88 Å². The number of carbonyl (C=O) groups is 1. The van der Waals surface area contributed by atoms with E-state index < -0.39 is 11.5 Å². The number of phenols is 1. The number of aliphatic imine (C=N–C) groups is 1. The van der Waals surface area contributed by atoms with Gasteiger partial charge in [0.05, 0.1) is 11.4 Å². The molecular weight excluding hydrogens is 442 g/mol. The first-order valence-corrected chi connectivity index (χ1v) is 10.4. The maximum atomic E-state index is 12.5. The highest BCUT2D eigenvalue weighted by atomic mass is 32.1. The molecule has 4 N–H and O–H groups in total. The second kappa shape index (κ2) is 9.09. The molecule has 33 heavy (non-hydrogen) atoms. The van der Waals surface area contributed by atoms with Crippen LogP contribution in [0.3, 0.4) is 0 Å². The highest BCUT2D eigenvalue weighted by Crippen LogP contribution is 2.24. The summed E-state index contributed by atoms with van der Waals surface area (Å²) in [6, 6.07) is 13.8. The molecule has 0 saturated heterocycles. The maximum Gasteiger partial charge on any atom is 0.339 e. The molecule has 1 aromatic heterocycles. The van der Waals surface area contributed by atoms with Crippen LogP contribution in [0.1, 0.15) is 27.0 Å². The Morgan fingerprint density at radius 3 is 2.58 bits per heavy atom. The third-order valence-corrected chi connectivity index (χ3v) is 5.47. The number of aryl methyl sites for hydroxylation is 1. The number of nitrogens with zero attached hydrogens (tertiary/aromatic N) is 2. The van der Waals surface area contributed by atoms with E-state index in [1.807, 2.05) is 30.3 Å². The molecule has 0 amide bonds. The van der Waals surface area contributed by atoms with Crippen molar-refractivity contribution in [1.82, 2.24) is 9.55 Å². The topological polar surface area (TPSA) is 128 Å². The fourth-order valence-electron chi connectivity index (χ4n) is 3.44. The number of nitrogens with one attached hydrogen (secondary N) is 1. The van der Waals surface area contributed by atoms with Crippen molar-refractivity contribution in [3.8, 4) is 11.6 Å². The third kappa shape index (κ3) is 4.68. The van der Waals surface area contributed by atoms with Gasteiger partial charge in [-0.2, -0.15) is 0 Å². The zero-order chi connectivity index (χ0) is 23.5. The number of carboxylic acid groups (broad SMARTS) is 1. The summed E-state index contributed by atoms with van der Waals surface area (Å²) in [6.45, 7) is 0.376. The number of allylic oxidation sites excluding steroid dienone is 2. The van der Waals surface area contributed by atoms with Gasteiger partial charge in [0.15, 0.2) is 4.77 Å². The number of aromatic amines is 1. The summed E-state index contributed by atoms with van der Waals surface area (Å²) in [5.41, 5.74) is 1.72. The molecule has 0 atom stereocenters. The van der Waals surface area contributed by atoms with Crippen molar-refractivity contribution in [1.29, 1.82) is 0 Å². The lowest BCUT2D eigenvalue weighted by Crippen LogP contribution is -2.17. The first kappa shape index (κ1) is 22.0. The van der Waals surface area contributed by atoms with E-state index in [1.54, 1.807) is 12.2 Å². The number of hydrogen-bond acceptors (Lipinski definition) is 6. The van der Waals surface area contributed by atoms with E-state index in [0.29, 0.717) is 29.9 Å². The van der Waals surface area contributed by atoms with Crippen LogP contribution in [0.25, 0.3) is 6.08 Å². The first-order chi connectivity index (χ1) is 15.8. The molecule has 0 bridgehead atoms. The Labute approximate surface area is 193 Å². The SMILES string of the molecule is O=C(O)c1ccc(C2=N/C(=C/c3c(O)n(CCc4ccccc4)c(=S)[nH]c3=O)C=C2)cc1O. The summed E-state index contributed by atoms with van der Waals surface area (Å²) < 4.78 is 1.58. The monoisotopic (exact) mass is 461 g/mol. The van der Waals surface area contributed by atoms with E-state index in [4.69, 9.17) is 17.3 Å². The van der Waals surface area contributed by atoms with Gasteiger partial charge in [0.25, 0.3) is 5.56 Å². The largest absolute Gasteiger partial charge is 0.507 e. The molecule has 2 aromatic carbocycles. The Kier molecular flexibility index (Phi) is 6.05. The van der Waals surface area contributed by atoms with Gasteiger partial charge in [0, 0.05) is 12.1 Å². The Hall–Kier alpha value is -4.24. The van der Waals surface area contributed by atoms with Crippen molar-refractivity contribution in [2.75, 3.05) is 0 Å². The second-order valence-corrected chi connectivity index (χ2v) is 7.71. The Bertz CT molecular complexity index is 1450. The highest BCUT2D eigenvalue weighted by Gasteiger charge is 2.16. The Morgan fingerprint density at radius 1 is 1.12 bits per heavy atom. The third-order valence-electron chi connectivity index (χ3n) is 5.15. The second-order valence-electron chi connectivity index (χ2n) is 7.32. The van der Waals surface area contributed by atoms with Gasteiger partial charge in [-0.25, -0.2) is 9.79 Å². The average Bonchev–Trinajstić information content (AvgIpc) is 3.25. The van der Waals surface area contributed by atoms with E-state index >= 15 is 0 Å². The Balaban J connectivity index is 1.64. The minimum Gasteiger partial charge on any atom is -0.507 e. The number of aromatic carboxylic acids is 1. The smallest absolute Gasteiger partial charge is 0.339 e. The first-order valence-electron chi connectivity index (χ1n) is 9.98. The van der Waals surface area contributed by atoms with Crippen LogP contribution in [0.15, 0.2) is 76.2 Å². The molecule has 1 aliphatic heterocycles. The van der Waals surface area contributed by atoms with E-state index in [1.165, 1.54) is 28.8 Å². The lowest BCUT2D eigenvalue weighted by atomic mass is 10.1. The molecule has 3 aromatic rings. The van der Waals surface area contributed by atoms with E-state index in [0.717, 1.165) is 5.56 Å². The molecule has 0 aliphatic carbocycles. The fourth-order valence-corrected chi connectivity index (χ4v) is 3.71. The number of hydrogen-bond donors (Lipinski definition) is 4. The van der Waals surface area contributed by atoms with Crippen LogP contribution in [0.5, 0.6) is 11.6 Å². The molecular formula is C24H19N3O5S. The van der Waals surface area contributed by atoms with Gasteiger partial charge in [-0.1, -0.05) is 36.4 Å². The predicted molar refractivity (Wildman–Crippen MR) is 126 cm³/mol. The van der Waals surface area contributed by atoms with Gasteiger partial charge < -0.3 is 15.3 Å². The summed E-state index contributed by atoms with van der Waals surface area (Å²) in [5.74, 6) is -1.86. The zero-order valence-corrected chi connectivity index (χ0v) is 18.0. The lowest BCUT2D eigenvalue weighted by Gasteiger charge is -2.11. The molecule has 9 heteroatoms. The quantitative estimate of drug-likeness (QED) is 0.415. The normalized spacial score (nSPS) is 13.9. The number of H-pyrrole nitrogens is 1. The molecule has 0 radical (unpaired) electrons. The molecule has 4 rings (SSSR count). The molecule has 0 unspecified atom stereocenters. The molecule has 8 nitrogen and oxygen atoms in total. The van der Waals surface area contributed by atoms with Gasteiger partial charge >= 0.3 is 5.97 Å². The maximum absolute atomic E-state index is 12.5. The molecule has 1 aliphatic rings. The van der Waals surface area contributed by atoms with Gasteiger partial charge in [-0.15, -0.1) is 0 Å². The van der Waals surface area contributed by atoms with Gasteiger partial charge in [0.1, 0.15) is 16.9 Å². The number of carboxylic acids is 1. The lowest BCUT2D eigenvalue weighted by molar-refractivity contribution is 0.0693. The van der Waals surface area contributed by atoms with Crippen LogP contribution in [0.2, 0.25) is 0 Å². The molecule has 0 fully saturated rings. The van der Waals surface area contributed by atoms with Crippen molar-refractivity contribution < 1.29 is 20.1 Å². The molecule has 2 heterocycles. The fraction of sp³-hybridized carbons (Fsp3) is 0.0833. The van der Waals surface area contributed by atoms with Crippen molar-refractivity contribution in [3.05, 3.63) is 104 Å². The number of rotatable bonds is 6. The Morgan fingerprint density at radius 2 is 1.88 bits per heavy atom. The van der Waals surface area contributed by atoms with Crippen LogP contribution in [0.4, 0.5) is 0 Å². The minimum atomic E-state index is -1.23. The van der Waals surface area contributed by atoms with Crippen LogP contribution < -0.4 is 5.56 Å². The van der Waals surface area contributed by atoms with E-state index in [9.17, 15) is 19.8 Å². The standard InChI is InChI=1S/C24H19N3O5S/c28-20-12-15(6-8-17(20)23(31)32)19-9-7-16(25-19)13-18-21(29)26-24(33)27(22(18)30)11-10-14-4-2-1-3-5-14/h1-9,12-13,28,30H,10-11H2,(H,31,32)(H,26,29,33)/b16-13+. The van der Waals surface area contributed by atoms with Crippen LogP contribution in [0, 0.1) is 4.77 Å². The summed E-state index contributed by atoms with van der Waals surface area (Å²) >= 11 is 5.23. The van der Waals surface area contributed by atoms with Crippen molar-refractivity contribution in [2.24, 2.45) is 4.99 Å². The number of aromatic hydroxyl groups is 2. The summed E-state index contributed by atoms with van der Waals surface area (Å²) in [4.78, 5) is 30.5. The van der Waals surface area contributed by atoms with Crippen molar-refractivity contribution in [2.45, 2.75) is 13.0 Å². The molecule has 0 saturated carbocycles. The number of aromatic nitrogens is 2. The van der Waals surface area contributed by atoms with E-state index in [-0.39, 0.29) is 27.5 Å².